The Hall–Kier alpha value is -1.88. The quantitative estimate of drug-likeness (QED) is 0.871. The van der Waals surface area contributed by atoms with Crippen molar-refractivity contribution in [2.24, 2.45) is 17.6 Å². The van der Waals surface area contributed by atoms with Crippen molar-refractivity contribution in [2.75, 3.05) is 18.4 Å². The van der Waals surface area contributed by atoms with Gasteiger partial charge in [0.15, 0.2) is 0 Å². The normalized spacial score (nSPS) is 22.2. The summed E-state index contributed by atoms with van der Waals surface area (Å²) in [6.07, 6.45) is 3.46. The van der Waals surface area contributed by atoms with Crippen LogP contribution in [0.15, 0.2) is 24.3 Å². The van der Waals surface area contributed by atoms with Gasteiger partial charge in [0.05, 0.1) is 17.8 Å². The van der Waals surface area contributed by atoms with Gasteiger partial charge in [-0.3, -0.25) is 14.5 Å². The van der Waals surface area contributed by atoms with Crippen LogP contribution in [0.2, 0.25) is 0 Å². The number of carbonyl (C=O) groups excluding carboxylic acids is 2. The number of amides is 2. The molecule has 2 atom stereocenters. The average Bonchev–Trinajstić information content (AvgIpc) is 2.69. The van der Waals surface area contributed by atoms with Gasteiger partial charge in [-0.15, -0.1) is 0 Å². The maximum Gasteiger partial charge on any atom is 0.250 e. The van der Waals surface area contributed by atoms with Crippen molar-refractivity contribution in [3.8, 4) is 0 Å². The molecule has 1 aliphatic heterocycles. The van der Waals surface area contributed by atoms with Crippen LogP contribution in [0.4, 0.5) is 5.69 Å². The number of hydrogen-bond acceptors (Lipinski definition) is 3. The van der Waals surface area contributed by atoms with E-state index >= 15 is 0 Å². The van der Waals surface area contributed by atoms with Crippen LogP contribution in [0.5, 0.6) is 0 Å². The number of hydrogen-bond donors (Lipinski definition) is 2. The van der Waals surface area contributed by atoms with E-state index in [1.165, 1.54) is 6.42 Å². The molecule has 0 aliphatic carbocycles. The maximum atomic E-state index is 12.5. The molecule has 0 spiro atoms. The number of primary amides is 1. The highest BCUT2D eigenvalue weighted by Crippen LogP contribution is 2.26. The largest absolute Gasteiger partial charge is 0.366 e. The zero-order valence-corrected chi connectivity index (χ0v) is 14.9. The third-order valence-electron chi connectivity index (χ3n) is 4.92. The highest BCUT2D eigenvalue weighted by atomic mass is 16.2. The first kappa shape index (κ1) is 18.5. The van der Waals surface area contributed by atoms with E-state index in [1.54, 1.807) is 24.3 Å². The molecule has 2 unspecified atom stereocenters. The first-order chi connectivity index (χ1) is 11.4. The van der Waals surface area contributed by atoms with Crippen LogP contribution in [0.1, 0.15) is 50.4 Å². The molecule has 0 radical (unpaired) electrons. The predicted molar refractivity (Wildman–Crippen MR) is 96.8 cm³/mol. The van der Waals surface area contributed by atoms with Crippen molar-refractivity contribution in [2.45, 2.75) is 46.1 Å². The third-order valence-corrected chi connectivity index (χ3v) is 4.92. The van der Waals surface area contributed by atoms with Gasteiger partial charge < -0.3 is 11.1 Å². The molecule has 0 aromatic heterocycles. The minimum absolute atomic E-state index is 0.0936. The molecule has 0 bridgehead atoms. The van der Waals surface area contributed by atoms with Crippen LogP contribution >= 0.6 is 0 Å². The number of likely N-dealkylation sites (tertiary alicyclic amines) is 1. The molecule has 1 heterocycles. The van der Waals surface area contributed by atoms with E-state index in [-0.39, 0.29) is 5.91 Å². The Morgan fingerprint density at radius 1 is 1.25 bits per heavy atom. The monoisotopic (exact) mass is 331 g/mol. The fraction of sp³-hybridized carbons (Fsp3) is 0.579. The van der Waals surface area contributed by atoms with Crippen LogP contribution in [0.3, 0.4) is 0 Å². The van der Waals surface area contributed by atoms with Gasteiger partial charge in [0, 0.05) is 6.04 Å². The van der Waals surface area contributed by atoms with Gasteiger partial charge in [-0.2, -0.15) is 0 Å². The molecule has 24 heavy (non-hydrogen) atoms. The lowest BCUT2D eigenvalue weighted by molar-refractivity contribution is -0.118. The standard InChI is InChI=1S/C19H29N3O2/c1-13(2)17-9-8-14(3)10-11-22(17)12-18(23)21-16-7-5-4-6-15(16)19(20)24/h4-7,13-14,17H,8-12H2,1-3H3,(H2,20,24)(H,21,23). The molecule has 2 amide bonds. The molecular weight excluding hydrogens is 302 g/mol. The fourth-order valence-corrected chi connectivity index (χ4v) is 3.47. The minimum atomic E-state index is -0.533. The third kappa shape index (κ3) is 4.81. The van der Waals surface area contributed by atoms with Gasteiger partial charge in [0.1, 0.15) is 0 Å². The Balaban J connectivity index is 2.06. The first-order valence-corrected chi connectivity index (χ1v) is 8.81. The minimum Gasteiger partial charge on any atom is -0.366 e. The van der Waals surface area contributed by atoms with Gasteiger partial charge in [0.25, 0.3) is 5.91 Å². The highest BCUT2D eigenvalue weighted by Gasteiger charge is 2.27. The van der Waals surface area contributed by atoms with Crippen LogP contribution in [0, 0.1) is 11.8 Å². The molecule has 5 heteroatoms. The van der Waals surface area contributed by atoms with E-state index in [0.29, 0.717) is 35.7 Å². The Morgan fingerprint density at radius 3 is 2.62 bits per heavy atom. The average molecular weight is 331 g/mol. The summed E-state index contributed by atoms with van der Waals surface area (Å²) in [5, 5.41) is 2.85. The summed E-state index contributed by atoms with van der Waals surface area (Å²) in [4.78, 5) is 26.3. The van der Waals surface area contributed by atoms with E-state index in [1.807, 2.05) is 0 Å². The summed E-state index contributed by atoms with van der Waals surface area (Å²) in [6.45, 7) is 8.00. The summed E-state index contributed by atoms with van der Waals surface area (Å²) >= 11 is 0. The fourth-order valence-electron chi connectivity index (χ4n) is 3.47. The Bertz CT molecular complexity index is 586. The first-order valence-electron chi connectivity index (χ1n) is 8.81. The van der Waals surface area contributed by atoms with Gasteiger partial charge in [-0.1, -0.05) is 32.9 Å². The van der Waals surface area contributed by atoms with E-state index in [0.717, 1.165) is 19.4 Å². The number of anilines is 1. The number of nitrogens with one attached hydrogen (secondary N) is 1. The van der Waals surface area contributed by atoms with E-state index < -0.39 is 5.91 Å². The molecule has 1 saturated heterocycles. The summed E-state index contributed by atoms with van der Waals surface area (Å²) in [7, 11) is 0. The van der Waals surface area contributed by atoms with Crippen molar-refractivity contribution >= 4 is 17.5 Å². The van der Waals surface area contributed by atoms with Crippen molar-refractivity contribution in [3.05, 3.63) is 29.8 Å². The predicted octanol–water partition coefficient (Wildman–Crippen LogP) is 2.87. The van der Waals surface area contributed by atoms with Gasteiger partial charge in [-0.05, 0) is 49.8 Å². The van der Waals surface area contributed by atoms with Crippen LogP contribution < -0.4 is 11.1 Å². The Kier molecular flexibility index (Phi) is 6.37. The molecular formula is C19H29N3O2. The highest BCUT2D eigenvalue weighted by molar-refractivity contribution is 6.03. The summed E-state index contributed by atoms with van der Waals surface area (Å²) in [6, 6.07) is 7.28. The molecule has 1 aliphatic rings. The van der Waals surface area contributed by atoms with Crippen molar-refractivity contribution in [1.82, 2.24) is 4.90 Å². The zero-order chi connectivity index (χ0) is 17.7. The second kappa shape index (κ2) is 8.29. The van der Waals surface area contributed by atoms with Gasteiger partial charge in [0.2, 0.25) is 5.91 Å². The lowest BCUT2D eigenvalue weighted by Gasteiger charge is -2.32. The molecule has 3 N–H and O–H groups in total. The van der Waals surface area contributed by atoms with Crippen molar-refractivity contribution < 1.29 is 9.59 Å². The number of carbonyl (C=O) groups is 2. The number of benzene rings is 1. The van der Waals surface area contributed by atoms with E-state index in [9.17, 15) is 9.59 Å². The second-order valence-electron chi connectivity index (χ2n) is 7.21. The number of para-hydroxylation sites is 1. The number of nitrogens with two attached hydrogens (primary N) is 1. The second-order valence-corrected chi connectivity index (χ2v) is 7.21. The van der Waals surface area contributed by atoms with Crippen LogP contribution in [-0.2, 0) is 4.79 Å². The van der Waals surface area contributed by atoms with Crippen LogP contribution in [-0.4, -0.2) is 35.8 Å². The van der Waals surface area contributed by atoms with E-state index in [2.05, 4.69) is 31.0 Å². The molecule has 1 aromatic carbocycles. The maximum absolute atomic E-state index is 12.5. The van der Waals surface area contributed by atoms with Crippen molar-refractivity contribution in [3.63, 3.8) is 0 Å². The summed E-state index contributed by atoms with van der Waals surface area (Å²) in [5.74, 6) is 0.592. The van der Waals surface area contributed by atoms with Gasteiger partial charge >= 0.3 is 0 Å². The smallest absolute Gasteiger partial charge is 0.250 e. The van der Waals surface area contributed by atoms with Gasteiger partial charge in [-0.25, -0.2) is 0 Å². The number of rotatable bonds is 5. The Labute approximate surface area is 144 Å². The van der Waals surface area contributed by atoms with E-state index in [4.69, 9.17) is 5.73 Å². The molecule has 1 fully saturated rings. The summed E-state index contributed by atoms with van der Waals surface area (Å²) < 4.78 is 0. The lowest BCUT2D eigenvalue weighted by Crippen LogP contribution is -2.43. The summed E-state index contributed by atoms with van der Waals surface area (Å²) in [5.41, 5.74) is 6.20. The molecule has 2 rings (SSSR count). The molecule has 5 nitrogen and oxygen atoms in total. The molecule has 132 valence electrons. The van der Waals surface area contributed by atoms with Crippen LogP contribution in [0.25, 0.3) is 0 Å². The Morgan fingerprint density at radius 2 is 1.96 bits per heavy atom. The zero-order valence-electron chi connectivity index (χ0n) is 14.9. The van der Waals surface area contributed by atoms with Crippen molar-refractivity contribution in [1.29, 1.82) is 0 Å². The molecule has 1 aromatic rings. The number of nitrogens with zero attached hydrogens (tertiary/aromatic N) is 1. The SMILES string of the molecule is CC1CCC(C(C)C)N(CC(=O)Nc2ccccc2C(N)=O)CC1. The topological polar surface area (TPSA) is 75.4 Å². The molecule has 0 saturated carbocycles. The lowest BCUT2D eigenvalue weighted by atomic mass is 9.95.